The van der Waals surface area contributed by atoms with Gasteiger partial charge in [0.15, 0.2) is 0 Å². The van der Waals surface area contributed by atoms with Gasteiger partial charge in [-0.3, -0.25) is 9.48 Å². The number of hydrogen-bond donors (Lipinski definition) is 0. The minimum atomic E-state index is -0.108. The lowest BCUT2D eigenvalue weighted by Gasteiger charge is -2.07. The Morgan fingerprint density at radius 1 is 1.25 bits per heavy atom. The van der Waals surface area contributed by atoms with E-state index in [-0.39, 0.29) is 5.78 Å². The zero-order chi connectivity index (χ0) is 14.5. The van der Waals surface area contributed by atoms with Crippen molar-refractivity contribution in [3.8, 4) is 11.5 Å². The molecule has 0 saturated heterocycles. The van der Waals surface area contributed by atoms with Gasteiger partial charge >= 0.3 is 0 Å². The Kier molecular flexibility index (Phi) is 4.20. The normalized spacial score (nSPS) is 10.8. The topological polar surface area (TPSA) is 53.3 Å². The van der Waals surface area contributed by atoms with E-state index in [2.05, 4.69) is 5.10 Å². The number of carbonyl (C=O) groups is 1. The van der Waals surface area contributed by atoms with Gasteiger partial charge in [-0.2, -0.15) is 5.10 Å². The molecule has 0 fully saturated rings. The van der Waals surface area contributed by atoms with Crippen LogP contribution in [-0.2, 0) is 7.05 Å². The number of allylic oxidation sites excluding steroid dienone is 1. The van der Waals surface area contributed by atoms with Gasteiger partial charge in [-0.05, 0) is 30.4 Å². The smallest absolute Gasteiger partial charge is 0.203 e. The minimum Gasteiger partial charge on any atom is -0.497 e. The van der Waals surface area contributed by atoms with Crippen molar-refractivity contribution < 1.29 is 14.3 Å². The van der Waals surface area contributed by atoms with Crippen molar-refractivity contribution in [2.75, 3.05) is 14.2 Å². The number of hydrogen-bond acceptors (Lipinski definition) is 4. The minimum absolute atomic E-state index is 0.108. The summed E-state index contributed by atoms with van der Waals surface area (Å²) in [6.45, 7) is 0. The SMILES string of the molecule is COc1ccc(C=CC(=O)c2ccnn2C)c(OC)c1. The first-order valence-electron chi connectivity index (χ1n) is 6.08. The summed E-state index contributed by atoms with van der Waals surface area (Å²) in [7, 11) is 4.90. The number of nitrogens with zero attached hydrogens (tertiary/aromatic N) is 2. The average molecular weight is 272 g/mol. The van der Waals surface area contributed by atoms with E-state index in [0.717, 1.165) is 5.56 Å². The molecule has 1 heterocycles. The van der Waals surface area contributed by atoms with Crippen molar-refractivity contribution >= 4 is 11.9 Å². The first-order chi connectivity index (χ1) is 9.65. The van der Waals surface area contributed by atoms with Crippen LogP contribution >= 0.6 is 0 Å². The molecule has 5 nitrogen and oxygen atoms in total. The number of methoxy groups -OCH3 is 2. The standard InChI is InChI=1S/C15H16N2O3/c1-17-13(8-9-16-17)14(18)7-5-11-4-6-12(19-2)10-15(11)20-3/h4-10H,1-3H3. The Bertz CT molecular complexity index is 644. The maximum absolute atomic E-state index is 12.0. The van der Waals surface area contributed by atoms with Crippen molar-refractivity contribution in [2.45, 2.75) is 0 Å². The van der Waals surface area contributed by atoms with Crippen LogP contribution in [0, 0.1) is 0 Å². The van der Waals surface area contributed by atoms with E-state index in [4.69, 9.17) is 9.47 Å². The molecule has 0 N–H and O–H groups in total. The summed E-state index contributed by atoms with van der Waals surface area (Å²) in [5.41, 5.74) is 1.34. The zero-order valence-corrected chi connectivity index (χ0v) is 11.7. The van der Waals surface area contributed by atoms with Gasteiger partial charge in [-0.25, -0.2) is 0 Å². The van der Waals surface area contributed by atoms with E-state index >= 15 is 0 Å². The molecule has 0 aliphatic heterocycles. The predicted octanol–water partition coefficient (Wildman–Crippen LogP) is 2.33. The van der Waals surface area contributed by atoms with Crippen LogP contribution in [0.1, 0.15) is 16.1 Å². The molecule has 0 aliphatic carbocycles. The van der Waals surface area contributed by atoms with Crippen molar-refractivity contribution in [2.24, 2.45) is 7.05 Å². The fourth-order valence-electron chi connectivity index (χ4n) is 1.82. The third-order valence-corrected chi connectivity index (χ3v) is 2.93. The number of benzene rings is 1. The summed E-state index contributed by atoms with van der Waals surface area (Å²) in [5, 5.41) is 3.97. The monoisotopic (exact) mass is 272 g/mol. The molecule has 0 spiro atoms. The first kappa shape index (κ1) is 13.9. The van der Waals surface area contributed by atoms with Crippen LogP contribution in [0.3, 0.4) is 0 Å². The maximum Gasteiger partial charge on any atom is 0.203 e. The van der Waals surface area contributed by atoms with Gasteiger partial charge in [-0.1, -0.05) is 0 Å². The summed E-state index contributed by atoms with van der Waals surface area (Å²) in [6, 6.07) is 7.10. The van der Waals surface area contributed by atoms with Crippen LogP contribution in [0.2, 0.25) is 0 Å². The Morgan fingerprint density at radius 3 is 2.65 bits per heavy atom. The highest BCUT2D eigenvalue weighted by atomic mass is 16.5. The molecule has 104 valence electrons. The van der Waals surface area contributed by atoms with Crippen molar-refractivity contribution in [3.63, 3.8) is 0 Å². The second-order valence-electron chi connectivity index (χ2n) is 4.15. The number of aromatic nitrogens is 2. The molecule has 0 unspecified atom stereocenters. The number of ether oxygens (including phenoxy) is 2. The van der Waals surface area contributed by atoms with E-state index in [1.54, 1.807) is 45.7 Å². The van der Waals surface area contributed by atoms with Crippen LogP contribution in [-0.4, -0.2) is 29.8 Å². The van der Waals surface area contributed by atoms with Gasteiger partial charge in [0, 0.05) is 24.9 Å². The molecule has 2 rings (SSSR count). The summed E-state index contributed by atoms with van der Waals surface area (Å²) >= 11 is 0. The fraction of sp³-hybridized carbons (Fsp3) is 0.200. The second kappa shape index (κ2) is 6.06. The number of aryl methyl sites for hydroxylation is 1. The fourth-order valence-corrected chi connectivity index (χ4v) is 1.82. The summed E-state index contributed by atoms with van der Waals surface area (Å²) in [6.07, 6.45) is 4.81. The summed E-state index contributed by atoms with van der Waals surface area (Å²) in [5.74, 6) is 1.25. The number of carbonyl (C=O) groups excluding carboxylic acids is 1. The van der Waals surface area contributed by atoms with E-state index in [0.29, 0.717) is 17.2 Å². The molecule has 1 aromatic carbocycles. The first-order valence-corrected chi connectivity index (χ1v) is 6.08. The molecule has 5 heteroatoms. The third-order valence-electron chi connectivity index (χ3n) is 2.93. The highest BCUT2D eigenvalue weighted by molar-refractivity contribution is 6.05. The highest BCUT2D eigenvalue weighted by Crippen LogP contribution is 2.25. The third kappa shape index (κ3) is 2.88. The van der Waals surface area contributed by atoms with Gasteiger partial charge in [0.2, 0.25) is 5.78 Å². The van der Waals surface area contributed by atoms with Crippen LogP contribution in [0.5, 0.6) is 11.5 Å². The lowest BCUT2D eigenvalue weighted by Crippen LogP contribution is -2.03. The molecule has 2 aromatic rings. The van der Waals surface area contributed by atoms with Gasteiger partial charge in [0.05, 0.1) is 14.2 Å². The molecule has 0 atom stereocenters. The van der Waals surface area contributed by atoms with Gasteiger partial charge in [-0.15, -0.1) is 0 Å². The molecular weight excluding hydrogens is 256 g/mol. The molecule has 0 aliphatic rings. The molecule has 0 radical (unpaired) electrons. The molecule has 0 bridgehead atoms. The Hall–Kier alpha value is -2.56. The van der Waals surface area contributed by atoms with Gasteiger partial charge in [0.25, 0.3) is 0 Å². The molecule has 0 saturated carbocycles. The van der Waals surface area contributed by atoms with Crippen LogP contribution < -0.4 is 9.47 Å². The van der Waals surface area contributed by atoms with Gasteiger partial charge < -0.3 is 9.47 Å². The van der Waals surface area contributed by atoms with E-state index < -0.39 is 0 Å². The van der Waals surface area contributed by atoms with Crippen molar-refractivity contribution in [1.82, 2.24) is 9.78 Å². The van der Waals surface area contributed by atoms with Gasteiger partial charge in [0.1, 0.15) is 17.2 Å². The lowest BCUT2D eigenvalue weighted by molar-refractivity contribution is 0.103. The second-order valence-corrected chi connectivity index (χ2v) is 4.15. The highest BCUT2D eigenvalue weighted by Gasteiger charge is 2.07. The Labute approximate surface area is 117 Å². The summed E-state index contributed by atoms with van der Waals surface area (Å²) in [4.78, 5) is 12.0. The largest absolute Gasteiger partial charge is 0.497 e. The lowest BCUT2D eigenvalue weighted by atomic mass is 10.1. The zero-order valence-electron chi connectivity index (χ0n) is 11.7. The average Bonchev–Trinajstić information content (AvgIpc) is 2.90. The van der Waals surface area contributed by atoms with E-state index in [9.17, 15) is 4.79 Å². The molecule has 1 aromatic heterocycles. The Balaban J connectivity index is 2.23. The predicted molar refractivity (Wildman–Crippen MR) is 76.1 cm³/mol. The molecule has 0 amide bonds. The van der Waals surface area contributed by atoms with Crippen molar-refractivity contribution in [3.05, 3.63) is 47.8 Å². The van der Waals surface area contributed by atoms with Crippen molar-refractivity contribution in [1.29, 1.82) is 0 Å². The number of rotatable bonds is 5. The van der Waals surface area contributed by atoms with Crippen LogP contribution in [0.15, 0.2) is 36.5 Å². The quantitative estimate of drug-likeness (QED) is 0.619. The van der Waals surface area contributed by atoms with Crippen LogP contribution in [0.25, 0.3) is 6.08 Å². The maximum atomic E-state index is 12.0. The van der Waals surface area contributed by atoms with E-state index in [1.165, 1.54) is 10.8 Å². The van der Waals surface area contributed by atoms with Crippen LogP contribution in [0.4, 0.5) is 0 Å². The molecular formula is C15H16N2O3. The summed E-state index contributed by atoms with van der Waals surface area (Å²) < 4.78 is 11.9. The number of ketones is 1. The van der Waals surface area contributed by atoms with E-state index in [1.807, 2.05) is 12.1 Å². The Morgan fingerprint density at radius 2 is 2.05 bits per heavy atom. The molecule has 20 heavy (non-hydrogen) atoms.